The minimum absolute atomic E-state index is 0.0921. The van der Waals surface area contributed by atoms with E-state index in [1.54, 1.807) is 6.07 Å². The quantitative estimate of drug-likeness (QED) is 0.772. The molecule has 0 spiro atoms. The first-order valence-corrected chi connectivity index (χ1v) is 8.83. The number of ether oxygens (including phenoxy) is 1. The smallest absolute Gasteiger partial charge is 0.408 e. The Bertz CT molecular complexity index is 735. The lowest BCUT2D eigenvalue weighted by molar-refractivity contribution is -0.124. The monoisotopic (exact) mass is 374 g/mol. The zero-order valence-electron chi connectivity index (χ0n) is 14.9. The molecule has 0 saturated carbocycles. The molecule has 6 heteroatoms. The van der Waals surface area contributed by atoms with Crippen LogP contribution in [0.25, 0.3) is 0 Å². The highest BCUT2D eigenvalue weighted by Crippen LogP contribution is 2.14. The zero-order chi connectivity index (χ0) is 18.9. The van der Waals surface area contributed by atoms with Crippen molar-refractivity contribution in [3.05, 3.63) is 70.7 Å². The van der Waals surface area contributed by atoms with Crippen molar-refractivity contribution in [3.8, 4) is 0 Å². The Balaban J connectivity index is 1.87. The van der Waals surface area contributed by atoms with Crippen molar-refractivity contribution in [2.75, 3.05) is 0 Å². The maximum atomic E-state index is 12.5. The largest absolute Gasteiger partial charge is 0.445 e. The normalized spacial score (nSPS) is 11.7. The molecule has 0 radical (unpaired) electrons. The fourth-order valence-electron chi connectivity index (χ4n) is 2.36. The first kappa shape index (κ1) is 19.8. The summed E-state index contributed by atoms with van der Waals surface area (Å²) in [5, 5.41) is 6.03. The van der Waals surface area contributed by atoms with Crippen LogP contribution in [0.4, 0.5) is 4.79 Å². The average molecular weight is 375 g/mol. The van der Waals surface area contributed by atoms with Crippen molar-refractivity contribution in [2.24, 2.45) is 5.92 Å². The third kappa shape index (κ3) is 6.08. The molecule has 2 rings (SSSR count). The highest BCUT2D eigenvalue weighted by molar-refractivity contribution is 6.31. The Kier molecular flexibility index (Phi) is 7.48. The van der Waals surface area contributed by atoms with Gasteiger partial charge in [0.2, 0.25) is 5.91 Å². The number of carbonyl (C=O) groups excluding carboxylic acids is 2. The van der Waals surface area contributed by atoms with E-state index >= 15 is 0 Å². The summed E-state index contributed by atoms with van der Waals surface area (Å²) in [6.07, 6.45) is -0.625. The lowest BCUT2D eigenvalue weighted by Crippen LogP contribution is -2.49. The molecule has 2 aromatic carbocycles. The van der Waals surface area contributed by atoms with Crippen molar-refractivity contribution in [1.82, 2.24) is 10.6 Å². The third-order valence-electron chi connectivity index (χ3n) is 3.85. The van der Waals surface area contributed by atoms with Crippen LogP contribution >= 0.6 is 11.6 Å². The van der Waals surface area contributed by atoms with Gasteiger partial charge in [-0.2, -0.15) is 0 Å². The van der Waals surface area contributed by atoms with Gasteiger partial charge in [-0.15, -0.1) is 0 Å². The molecule has 2 amide bonds. The minimum Gasteiger partial charge on any atom is -0.445 e. The maximum Gasteiger partial charge on any atom is 0.408 e. The van der Waals surface area contributed by atoms with Gasteiger partial charge in [0, 0.05) is 11.6 Å². The molecular formula is C20H23ClN2O3. The molecule has 0 aliphatic heterocycles. The Morgan fingerprint density at radius 2 is 1.69 bits per heavy atom. The second-order valence-corrected chi connectivity index (χ2v) is 6.64. The molecular weight excluding hydrogens is 352 g/mol. The average Bonchev–Trinajstić information content (AvgIpc) is 2.64. The van der Waals surface area contributed by atoms with Gasteiger partial charge in [0.15, 0.2) is 0 Å². The first-order chi connectivity index (χ1) is 12.5. The molecule has 5 nitrogen and oxygen atoms in total. The second kappa shape index (κ2) is 9.82. The molecule has 0 heterocycles. The number of rotatable bonds is 7. The van der Waals surface area contributed by atoms with E-state index in [0.717, 1.165) is 11.1 Å². The molecule has 0 unspecified atom stereocenters. The summed E-state index contributed by atoms with van der Waals surface area (Å²) in [5.74, 6) is -0.373. The van der Waals surface area contributed by atoms with Crippen molar-refractivity contribution in [2.45, 2.75) is 33.0 Å². The van der Waals surface area contributed by atoms with Crippen LogP contribution in [0.3, 0.4) is 0 Å². The summed E-state index contributed by atoms with van der Waals surface area (Å²) in [7, 11) is 0. The predicted octanol–water partition coefficient (Wildman–Crippen LogP) is 3.91. The lowest BCUT2D eigenvalue weighted by Gasteiger charge is -2.21. The van der Waals surface area contributed by atoms with Gasteiger partial charge in [-0.1, -0.05) is 74.0 Å². The third-order valence-corrected chi connectivity index (χ3v) is 4.21. The molecule has 0 aliphatic carbocycles. The minimum atomic E-state index is -0.694. The fourth-order valence-corrected chi connectivity index (χ4v) is 2.56. The Morgan fingerprint density at radius 1 is 1.04 bits per heavy atom. The van der Waals surface area contributed by atoms with E-state index in [1.165, 1.54) is 0 Å². The number of hydrogen-bond donors (Lipinski definition) is 2. The van der Waals surface area contributed by atoms with Gasteiger partial charge in [-0.3, -0.25) is 4.79 Å². The number of carbonyl (C=O) groups is 2. The number of benzene rings is 2. The van der Waals surface area contributed by atoms with Crippen molar-refractivity contribution in [3.63, 3.8) is 0 Å². The van der Waals surface area contributed by atoms with Crippen molar-refractivity contribution < 1.29 is 14.3 Å². The molecule has 2 N–H and O–H groups in total. The lowest BCUT2D eigenvalue weighted by atomic mass is 10.0. The highest BCUT2D eigenvalue weighted by Gasteiger charge is 2.24. The first-order valence-electron chi connectivity index (χ1n) is 8.45. The van der Waals surface area contributed by atoms with Gasteiger partial charge in [-0.25, -0.2) is 4.79 Å². The van der Waals surface area contributed by atoms with Gasteiger partial charge in [0.25, 0.3) is 0 Å². The van der Waals surface area contributed by atoms with Crippen LogP contribution in [-0.4, -0.2) is 18.0 Å². The number of hydrogen-bond acceptors (Lipinski definition) is 3. The maximum absolute atomic E-state index is 12.5. The van der Waals surface area contributed by atoms with Crippen LogP contribution in [0.15, 0.2) is 54.6 Å². The number of alkyl carbamates (subject to hydrolysis) is 1. The fraction of sp³-hybridized carbons (Fsp3) is 0.300. The Hall–Kier alpha value is -2.53. The molecule has 0 aliphatic rings. The van der Waals surface area contributed by atoms with E-state index in [1.807, 2.05) is 62.4 Å². The second-order valence-electron chi connectivity index (χ2n) is 6.24. The standard InChI is InChI=1S/C20H23ClN2O3/c1-14(2)18(19(24)22-12-16-10-6-7-11-17(16)21)23-20(25)26-13-15-8-4-3-5-9-15/h3-11,14,18H,12-13H2,1-2H3,(H,22,24)(H,23,25)/t18-/m1/s1. The van der Waals surface area contributed by atoms with E-state index < -0.39 is 12.1 Å². The van der Waals surface area contributed by atoms with E-state index in [-0.39, 0.29) is 18.4 Å². The molecule has 0 bridgehead atoms. The van der Waals surface area contributed by atoms with Crippen molar-refractivity contribution >= 4 is 23.6 Å². The van der Waals surface area contributed by atoms with E-state index in [0.29, 0.717) is 11.6 Å². The van der Waals surface area contributed by atoms with E-state index in [4.69, 9.17) is 16.3 Å². The zero-order valence-corrected chi connectivity index (χ0v) is 15.6. The Labute approximate surface area is 158 Å². The summed E-state index contributed by atoms with van der Waals surface area (Å²) < 4.78 is 5.19. The highest BCUT2D eigenvalue weighted by atomic mass is 35.5. The van der Waals surface area contributed by atoms with E-state index in [9.17, 15) is 9.59 Å². The SMILES string of the molecule is CC(C)[C@@H](NC(=O)OCc1ccccc1)C(=O)NCc1ccccc1Cl. The molecule has 1 atom stereocenters. The molecule has 26 heavy (non-hydrogen) atoms. The topological polar surface area (TPSA) is 67.4 Å². The molecule has 0 aromatic heterocycles. The van der Waals surface area contributed by atoms with Crippen molar-refractivity contribution in [1.29, 1.82) is 0 Å². The summed E-state index contributed by atoms with van der Waals surface area (Å²) in [5.41, 5.74) is 1.70. The van der Waals surface area contributed by atoms with Crippen LogP contribution in [-0.2, 0) is 22.7 Å². The van der Waals surface area contributed by atoms with Gasteiger partial charge in [0.05, 0.1) is 0 Å². The van der Waals surface area contributed by atoms with Crippen LogP contribution in [0.2, 0.25) is 5.02 Å². The van der Waals surface area contributed by atoms with Crippen LogP contribution in [0.5, 0.6) is 0 Å². The Morgan fingerprint density at radius 3 is 2.35 bits per heavy atom. The van der Waals surface area contributed by atoms with Crippen LogP contribution in [0.1, 0.15) is 25.0 Å². The summed E-state index contributed by atoms with van der Waals surface area (Å²) in [6.45, 7) is 4.16. The van der Waals surface area contributed by atoms with Crippen LogP contribution < -0.4 is 10.6 Å². The predicted molar refractivity (Wildman–Crippen MR) is 102 cm³/mol. The summed E-state index contributed by atoms with van der Waals surface area (Å²) in [4.78, 5) is 24.5. The van der Waals surface area contributed by atoms with Gasteiger partial charge >= 0.3 is 6.09 Å². The van der Waals surface area contributed by atoms with Gasteiger partial charge < -0.3 is 15.4 Å². The van der Waals surface area contributed by atoms with Gasteiger partial charge in [-0.05, 0) is 23.1 Å². The number of amides is 2. The molecule has 2 aromatic rings. The van der Waals surface area contributed by atoms with Crippen LogP contribution in [0, 0.1) is 5.92 Å². The van der Waals surface area contributed by atoms with Gasteiger partial charge in [0.1, 0.15) is 12.6 Å². The molecule has 0 fully saturated rings. The number of nitrogens with one attached hydrogen (secondary N) is 2. The summed E-state index contributed by atoms with van der Waals surface area (Å²) in [6, 6.07) is 16.0. The summed E-state index contributed by atoms with van der Waals surface area (Å²) >= 11 is 6.09. The molecule has 138 valence electrons. The molecule has 0 saturated heterocycles. The van der Waals surface area contributed by atoms with E-state index in [2.05, 4.69) is 10.6 Å². The number of halogens is 1.